The number of anilines is 7. The van der Waals surface area contributed by atoms with Crippen LogP contribution >= 0.6 is 11.6 Å². The number of likely N-dealkylation sites (tertiary alicyclic amines) is 4. The number of primary amides is 1. The van der Waals surface area contributed by atoms with E-state index in [1.807, 2.05) is 81.1 Å². The summed E-state index contributed by atoms with van der Waals surface area (Å²) in [5, 5.41) is 15.4. The van der Waals surface area contributed by atoms with Gasteiger partial charge < -0.3 is 86.2 Å². The number of amides is 5. The molecule has 0 saturated carbocycles. The number of carboxylic acid groups (broad SMARTS) is 1. The molecule has 32 nitrogen and oxygen atoms in total. The standard InChI is InChI=1S/C21H24ClN5O3.C21H27N5O2.C20H25N5O2.C19H24N6O2.C2H4O2/c22-17-11-15(19(23)28)13-25-20(17)30-16-5-9-26(10-6-16)18-4-3-14(12-24-18)21(29)27-7-1-2-8-27;1-15-12-17(22)14-24-20(15)28-18-6-10-25(11-7-18)19-5-4-16(13-23-19)21(27)26-8-2-3-9-26;21-16-4-6-19(23-14-16)27-17-7-11-24(12-8-17)18-5-3-15(13-22-18)20(26)25-9-1-2-10-25;20-16-4-6-18(23-22-16)27-15-7-11-24(12-8-15)17-5-3-14(13-21-17)19(26)25-9-1-2-10-25;1-2(3)4/h3-4,11-13,16H,1-2,5-10H2,(H2,23,28);4-5,12-14,18H,2-3,6-11,22H2,1H3;3-6,13-14,17H,1-2,7-12,21H2;3-6,13,15H,1-2,7-12H2,(H2,20,22);1H3,(H,3,4). The summed E-state index contributed by atoms with van der Waals surface area (Å²) in [6, 6.07) is 25.7. The van der Waals surface area contributed by atoms with Crippen LogP contribution in [0.3, 0.4) is 0 Å². The number of pyridine rings is 7. The second-order valence-electron chi connectivity index (χ2n) is 29.8. The fraction of sp³-hybridized carbons (Fsp3) is 0.458. The quantitative estimate of drug-likeness (QED) is 0.0566. The van der Waals surface area contributed by atoms with Gasteiger partial charge in [0.15, 0.2) is 0 Å². The lowest BCUT2D eigenvalue weighted by Crippen LogP contribution is -2.39. The average Bonchev–Trinajstić information content (AvgIpc) is 1.31. The van der Waals surface area contributed by atoms with Gasteiger partial charge in [-0.05, 0) is 131 Å². The van der Waals surface area contributed by atoms with Crippen molar-refractivity contribution >= 4 is 87.6 Å². The van der Waals surface area contributed by atoms with Gasteiger partial charge in [-0.3, -0.25) is 28.8 Å². The van der Waals surface area contributed by atoms with Gasteiger partial charge in [-0.2, -0.15) is 0 Å². The van der Waals surface area contributed by atoms with Crippen molar-refractivity contribution in [1.82, 2.24) is 64.7 Å². The largest absolute Gasteiger partial charge is 0.481 e. The SMILES string of the molecule is CC(=O)O.Cc1cc(N)cnc1OC1CCN(c2ccc(C(=O)N3CCCC3)cn2)CC1.NC(=O)c1cnc(OC2CCN(c3ccc(C(=O)N4CCCC4)cn3)CC2)c(Cl)c1.Nc1ccc(OC2CCN(c3ccc(C(=O)N4CCCC4)cn3)CC2)nc1.Nc1ccc(OC2CCN(c3ccc(C(=O)N4CCCC4)cn3)CC2)nn1. The van der Waals surface area contributed by atoms with E-state index in [2.05, 4.69) is 64.7 Å². The maximum absolute atomic E-state index is 12.5. The Hall–Kier alpha value is -12.0. The van der Waals surface area contributed by atoms with Crippen molar-refractivity contribution in [2.75, 3.05) is 142 Å². The minimum atomic E-state index is -0.833. The molecule has 8 saturated heterocycles. The molecular formula is C83H104ClN21O11. The van der Waals surface area contributed by atoms with E-state index in [0.717, 1.165) is 243 Å². The van der Waals surface area contributed by atoms with Gasteiger partial charge in [-0.15, -0.1) is 10.2 Å². The summed E-state index contributed by atoms with van der Waals surface area (Å²) >= 11 is 6.16. The van der Waals surface area contributed by atoms with Gasteiger partial charge in [0.2, 0.25) is 29.4 Å². The molecule has 0 unspecified atom stereocenters. The molecule has 8 aliphatic rings. The molecule has 0 aliphatic carbocycles. The predicted molar refractivity (Wildman–Crippen MR) is 441 cm³/mol. The zero-order chi connectivity index (χ0) is 81.5. The highest BCUT2D eigenvalue weighted by atomic mass is 35.5. The number of carboxylic acids is 1. The van der Waals surface area contributed by atoms with E-state index in [4.69, 9.17) is 63.4 Å². The zero-order valence-electron chi connectivity index (χ0n) is 65.9. The van der Waals surface area contributed by atoms with Gasteiger partial charge in [0.05, 0.1) is 51.6 Å². The summed E-state index contributed by atoms with van der Waals surface area (Å²) in [4.78, 5) is 117. The van der Waals surface area contributed by atoms with Crippen LogP contribution in [0, 0.1) is 6.92 Å². The summed E-state index contributed by atoms with van der Waals surface area (Å²) in [7, 11) is 0. The Kier molecular flexibility index (Phi) is 29.4. The molecule has 0 bridgehead atoms. The van der Waals surface area contributed by atoms with Gasteiger partial charge in [-0.1, -0.05) is 11.6 Å². The summed E-state index contributed by atoms with van der Waals surface area (Å²) in [6.07, 6.45) is 27.4. The molecule has 8 fully saturated rings. The monoisotopic (exact) mass is 1610 g/mol. The summed E-state index contributed by atoms with van der Waals surface area (Å²) in [5.74, 6) is 4.98. The van der Waals surface area contributed by atoms with E-state index in [0.29, 0.717) is 63.0 Å². The number of carbonyl (C=O) groups is 6. The number of ether oxygens (including phenoxy) is 4. The summed E-state index contributed by atoms with van der Waals surface area (Å²) in [6.45, 7) is 16.5. The highest BCUT2D eigenvalue weighted by Crippen LogP contribution is 2.31. The van der Waals surface area contributed by atoms with Gasteiger partial charge in [0.1, 0.15) is 58.5 Å². The number of rotatable bonds is 17. The molecule has 16 rings (SSSR count). The van der Waals surface area contributed by atoms with Crippen LogP contribution in [0.2, 0.25) is 5.02 Å². The minimum absolute atomic E-state index is 0.0262. The third kappa shape index (κ3) is 23.6. The number of piperidine rings is 4. The van der Waals surface area contributed by atoms with Crippen molar-refractivity contribution in [1.29, 1.82) is 0 Å². The number of aliphatic carboxylic acids is 1. The van der Waals surface area contributed by atoms with Crippen molar-refractivity contribution in [2.24, 2.45) is 5.73 Å². The predicted octanol–water partition coefficient (Wildman–Crippen LogP) is 9.33. The van der Waals surface area contributed by atoms with Crippen LogP contribution < -0.4 is 61.5 Å². The van der Waals surface area contributed by atoms with E-state index in [1.54, 1.807) is 61.4 Å². The van der Waals surface area contributed by atoms with Crippen LogP contribution in [0.4, 0.5) is 40.5 Å². The summed E-state index contributed by atoms with van der Waals surface area (Å²) in [5.41, 5.74) is 27.3. The fourth-order valence-electron chi connectivity index (χ4n) is 14.9. The number of aryl methyl sites for hydroxylation is 1. The molecule has 8 aromatic heterocycles. The van der Waals surface area contributed by atoms with Crippen molar-refractivity contribution in [3.8, 4) is 23.5 Å². The first-order chi connectivity index (χ1) is 56.2. The van der Waals surface area contributed by atoms with Gasteiger partial charge in [0, 0.05) is 212 Å². The number of aromatic nitrogens is 9. The molecule has 8 aliphatic heterocycles. The first-order valence-electron chi connectivity index (χ1n) is 40.1. The van der Waals surface area contributed by atoms with Crippen LogP contribution in [0.5, 0.6) is 23.5 Å². The number of hydrogen-bond acceptors (Lipinski definition) is 26. The van der Waals surface area contributed by atoms with E-state index < -0.39 is 11.9 Å². The molecule has 16 heterocycles. The van der Waals surface area contributed by atoms with E-state index in [1.165, 1.54) is 12.3 Å². The minimum Gasteiger partial charge on any atom is -0.481 e. The Labute approximate surface area is 680 Å². The highest BCUT2D eigenvalue weighted by Gasteiger charge is 2.30. The normalized spacial score (nSPS) is 17.3. The van der Waals surface area contributed by atoms with E-state index >= 15 is 0 Å². The molecule has 614 valence electrons. The topological polar surface area (TPSA) is 406 Å². The Morgan fingerprint density at radius 2 is 0.690 bits per heavy atom. The molecule has 8 aromatic rings. The van der Waals surface area contributed by atoms with Crippen molar-refractivity contribution in [2.45, 2.75) is 141 Å². The first kappa shape index (κ1) is 83.5. The van der Waals surface area contributed by atoms with Crippen molar-refractivity contribution < 1.29 is 52.8 Å². The highest BCUT2D eigenvalue weighted by molar-refractivity contribution is 6.32. The Morgan fingerprint density at radius 1 is 0.371 bits per heavy atom. The van der Waals surface area contributed by atoms with Crippen LogP contribution in [0.15, 0.2) is 128 Å². The maximum atomic E-state index is 12.5. The number of halogens is 1. The third-order valence-electron chi connectivity index (χ3n) is 21.3. The fourth-order valence-corrected chi connectivity index (χ4v) is 15.1. The molecular weight excluding hydrogens is 1500 g/mol. The molecule has 0 spiro atoms. The Balaban J connectivity index is 0.000000140. The molecule has 0 aromatic carbocycles. The molecule has 116 heavy (non-hydrogen) atoms. The zero-order valence-corrected chi connectivity index (χ0v) is 66.6. The lowest BCUT2D eigenvalue weighted by molar-refractivity contribution is -0.134. The molecule has 33 heteroatoms. The number of nitrogen functional groups attached to an aromatic ring is 3. The number of hydrogen-bond donors (Lipinski definition) is 5. The van der Waals surface area contributed by atoms with E-state index in [-0.39, 0.29) is 58.6 Å². The maximum Gasteiger partial charge on any atom is 0.300 e. The van der Waals surface area contributed by atoms with Gasteiger partial charge in [0.25, 0.3) is 29.6 Å². The molecule has 5 amide bonds. The number of nitrogens with two attached hydrogens (primary N) is 4. The van der Waals surface area contributed by atoms with Gasteiger partial charge in [-0.25, -0.2) is 34.9 Å². The third-order valence-corrected chi connectivity index (χ3v) is 21.6. The van der Waals surface area contributed by atoms with Crippen LogP contribution in [0.1, 0.15) is 167 Å². The van der Waals surface area contributed by atoms with Crippen molar-refractivity contribution in [3.63, 3.8) is 0 Å². The first-order valence-corrected chi connectivity index (χ1v) is 40.5. The summed E-state index contributed by atoms with van der Waals surface area (Å²) < 4.78 is 23.8. The van der Waals surface area contributed by atoms with Crippen molar-refractivity contribution in [3.05, 3.63) is 167 Å². The average molecular weight is 1610 g/mol. The van der Waals surface area contributed by atoms with Crippen LogP contribution in [0.25, 0.3) is 0 Å². The molecule has 0 atom stereocenters. The second-order valence-corrected chi connectivity index (χ2v) is 30.3. The second kappa shape index (κ2) is 40.9. The molecule has 9 N–H and O–H groups in total. The van der Waals surface area contributed by atoms with E-state index in [9.17, 15) is 24.0 Å². The Bertz CT molecular complexity index is 4390. The van der Waals surface area contributed by atoms with Gasteiger partial charge >= 0.3 is 0 Å². The van der Waals surface area contributed by atoms with Crippen LogP contribution in [-0.2, 0) is 4.79 Å². The number of nitrogens with zero attached hydrogens (tertiary/aromatic N) is 17. The smallest absolute Gasteiger partial charge is 0.300 e. The lowest BCUT2D eigenvalue weighted by atomic mass is 10.1. The number of carbonyl (C=O) groups excluding carboxylic acids is 5. The van der Waals surface area contributed by atoms with Crippen LogP contribution in [-0.4, -0.2) is 234 Å². The Morgan fingerprint density at radius 3 is 0.991 bits per heavy atom. The lowest BCUT2D eigenvalue weighted by Gasteiger charge is -2.33. The molecule has 0 radical (unpaired) electrons.